The molecule has 2 heterocycles. The Morgan fingerprint density at radius 3 is 2.44 bits per heavy atom. The summed E-state index contributed by atoms with van der Waals surface area (Å²) in [5.74, 6) is -0.602. The van der Waals surface area contributed by atoms with Gasteiger partial charge in [-0.15, -0.1) is 0 Å². The molecule has 0 saturated heterocycles. The van der Waals surface area contributed by atoms with Gasteiger partial charge < -0.3 is 4.74 Å². The van der Waals surface area contributed by atoms with Crippen molar-refractivity contribution in [2.24, 2.45) is 0 Å². The summed E-state index contributed by atoms with van der Waals surface area (Å²) < 4.78 is 5.59. The Kier molecular flexibility index (Phi) is 4.75. The summed E-state index contributed by atoms with van der Waals surface area (Å²) in [6, 6.07) is 12.6. The first-order chi connectivity index (χ1) is 12.2. The van der Waals surface area contributed by atoms with Crippen molar-refractivity contribution in [3.05, 3.63) is 100 Å². The van der Waals surface area contributed by atoms with Gasteiger partial charge in [-0.25, -0.2) is 4.79 Å². The van der Waals surface area contributed by atoms with Gasteiger partial charge in [-0.3, -0.25) is 20.1 Å². The van der Waals surface area contributed by atoms with Crippen molar-refractivity contribution in [1.29, 1.82) is 0 Å². The third-order valence-corrected chi connectivity index (χ3v) is 3.54. The topological polar surface area (TPSA) is 95.2 Å². The minimum atomic E-state index is -0.948. The van der Waals surface area contributed by atoms with Crippen LogP contribution in [-0.2, 0) is 4.74 Å². The van der Waals surface area contributed by atoms with E-state index >= 15 is 0 Å². The van der Waals surface area contributed by atoms with Gasteiger partial charge in [0.2, 0.25) is 0 Å². The first-order valence-corrected chi connectivity index (χ1v) is 7.41. The predicted molar refractivity (Wildman–Crippen MR) is 88.8 cm³/mol. The van der Waals surface area contributed by atoms with Crippen molar-refractivity contribution in [2.75, 3.05) is 0 Å². The zero-order valence-electron chi connectivity index (χ0n) is 13.0. The number of ether oxygens (including phenoxy) is 1. The van der Waals surface area contributed by atoms with Gasteiger partial charge in [0.15, 0.2) is 6.10 Å². The van der Waals surface area contributed by atoms with E-state index in [4.69, 9.17) is 4.74 Å². The molecule has 7 nitrogen and oxygen atoms in total. The lowest BCUT2D eigenvalue weighted by atomic mass is 10.0. The van der Waals surface area contributed by atoms with E-state index in [1.807, 2.05) is 0 Å². The molecule has 0 aliphatic carbocycles. The highest BCUT2D eigenvalue weighted by atomic mass is 16.6. The Bertz CT molecular complexity index is 885. The zero-order valence-corrected chi connectivity index (χ0v) is 13.0. The van der Waals surface area contributed by atoms with Crippen LogP contribution in [0.15, 0.2) is 73.3 Å². The maximum absolute atomic E-state index is 12.4. The molecule has 7 heteroatoms. The molecule has 25 heavy (non-hydrogen) atoms. The number of esters is 1. The SMILES string of the molecule is O=C(O[C@@H](c1cccnc1)c1ccccc1[N+](=O)[O-])c1ccncc1. The van der Waals surface area contributed by atoms with Gasteiger partial charge in [0.05, 0.1) is 16.1 Å². The maximum Gasteiger partial charge on any atom is 0.339 e. The van der Waals surface area contributed by atoms with Gasteiger partial charge in [0.25, 0.3) is 5.69 Å². The van der Waals surface area contributed by atoms with Crippen LogP contribution >= 0.6 is 0 Å². The van der Waals surface area contributed by atoms with Gasteiger partial charge in [-0.05, 0) is 24.3 Å². The molecule has 0 amide bonds. The molecular weight excluding hydrogens is 322 g/mol. The zero-order chi connectivity index (χ0) is 17.6. The van der Waals surface area contributed by atoms with Crippen molar-refractivity contribution >= 4 is 11.7 Å². The highest BCUT2D eigenvalue weighted by Gasteiger charge is 2.27. The van der Waals surface area contributed by atoms with Crippen molar-refractivity contribution < 1.29 is 14.5 Å². The van der Waals surface area contributed by atoms with E-state index in [1.165, 1.54) is 36.8 Å². The molecule has 0 aliphatic rings. The number of carbonyl (C=O) groups excluding carboxylic acids is 1. The summed E-state index contributed by atoms with van der Waals surface area (Å²) in [5, 5.41) is 11.4. The average Bonchev–Trinajstić information content (AvgIpc) is 2.67. The van der Waals surface area contributed by atoms with Crippen LogP contribution in [0.5, 0.6) is 0 Å². The molecule has 124 valence electrons. The van der Waals surface area contributed by atoms with E-state index in [0.717, 1.165) is 0 Å². The quantitative estimate of drug-likeness (QED) is 0.403. The third kappa shape index (κ3) is 3.66. The van der Waals surface area contributed by atoms with Crippen LogP contribution in [-0.4, -0.2) is 20.9 Å². The second kappa shape index (κ2) is 7.31. The molecule has 0 saturated carbocycles. The number of para-hydroxylation sites is 1. The van der Waals surface area contributed by atoms with Gasteiger partial charge in [-0.2, -0.15) is 0 Å². The summed E-state index contributed by atoms with van der Waals surface area (Å²) in [6.45, 7) is 0. The van der Waals surface area contributed by atoms with E-state index in [0.29, 0.717) is 11.1 Å². The number of hydrogen-bond donors (Lipinski definition) is 0. The summed E-state index contributed by atoms with van der Waals surface area (Å²) >= 11 is 0. The smallest absolute Gasteiger partial charge is 0.339 e. The van der Waals surface area contributed by atoms with Gasteiger partial charge in [0, 0.05) is 36.4 Å². The van der Waals surface area contributed by atoms with E-state index < -0.39 is 17.0 Å². The molecule has 1 aromatic carbocycles. The lowest BCUT2D eigenvalue weighted by Crippen LogP contribution is -2.14. The van der Waals surface area contributed by atoms with Crippen molar-refractivity contribution in [1.82, 2.24) is 9.97 Å². The number of carbonyl (C=O) groups is 1. The molecule has 3 aromatic rings. The van der Waals surface area contributed by atoms with E-state index in [2.05, 4.69) is 9.97 Å². The Balaban J connectivity index is 2.03. The molecular formula is C18H13N3O4. The number of rotatable bonds is 5. The standard InChI is InChI=1S/C18H13N3O4/c22-18(13-7-10-19-11-8-13)25-17(14-4-3-9-20-12-14)15-5-1-2-6-16(15)21(23)24/h1-12,17H/t17-/m0/s1. The fourth-order valence-electron chi connectivity index (χ4n) is 2.38. The molecule has 1 atom stereocenters. The lowest BCUT2D eigenvalue weighted by molar-refractivity contribution is -0.386. The number of nitrogens with zero attached hydrogens (tertiary/aromatic N) is 3. The highest BCUT2D eigenvalue weighted by molar-refractivity contribution is 5.89. The van der Waals surface area contributed by atoms with Crippen LogP contribution in [0.2, 0.25) is 0 Å². The van der Waals surface area contributed by atoms with Crippen LogP contribution in [0.4, 0.5) is 5.69 Å². The second-order valence-corrected chi connectivity index (χ2v) is 5.12. The van der Waals surface area contributed by atoms with E-state index in [9.17, 15) is 14.9 Å². The minimum Gasteiger partial charge on any atom is -0.449 e. The van der Waals surface area contributed by atoms with Crippen molar-refractivity contribution in [3.8, 4) is 0 Å². The summed E-state index contributed by atoms with van der Waals surface area (Å²) in [6.07, 6.45) is 5.09. The predicted octanol–water partition coefficient (Wildman–Crippen LogP) is 3.33. The van der Waals surface area contributed by atoms with E-state index in [1.54, 1.807) is 36.5 Å². The Morgan fingerprint density at radius 1 is 1.00 bits per heavy atom. The first kappa shape index (κ1) is 16.3. The van der Waals surface area contributed by atoms with Gasteiger partial charge in [-0.1, -0.05) is 18.2 Å². The molecule has 0 unspecified atom stereocenters. The largest absolute Gasteiger partial charge is 0.449 e. The third-order valence-electron chi connectivity index (χ3n) is 3.54. The number of aromatic nitrogens is 2. The maximum atomic E-state index is 12.4. The van der Waals surface area contributed by atoms with E-state index in [-0.39, 0.29) is 11.3 Å². The second-order valence-electron chi connectivity index (χ2n) is 5.12. The molecule has 0 bridgehead atoms. The van der Waals surface area contributed by atoms with Gasteiger partial charge in [0.1, 0.15) is 0 Å². The average molecular weight is 335 g/mol. The van der Waals surface area contributed by atoms with Crippen LogP contribution in [0, 0.1) is 10.1 Å². The van der Waals surface area contributed by atoms with Crippen molar-refractivity contribution in [2.45, 2.75) is 6.10 Å². The van der Waals surface area contributed by atoms with Gasteiger partial charge >= 0.3 is 5.97 Å². The molecule has 0 aliphatic heterocycles. The molecule has 2 aromatic heterocycles. The number of hydrogen-bond acceptors (Lipinski definition) is 6. The Hall–Kier alpha value is -3.61. The molecule has 0 fully saturated rings. The normalized spacial score (nSPS) is 11.5. The minimum absolute atomic E-state index is 0.126. The van der Waals surface area contributed by atoms with Crippen LogP contribution in [0.1, 0.15) is 27.6 Å². The van der Waals surface area contributed by atoms with Crippen LogP contribution in [0.3, 0.4) is 0 Å². The number of pyridine rings is 2. The molecule has 0 N–H and O–H groups in total. The monoisotopic (exact) mass is 335 g/mol. The lowest BCUT2D eigenvalue weighted by Gasteiger charge is -2.18. The fourth-order valence-corrected chi connectivity index (χ4v) is 2.38. The Labute approximate surface area is 143 Å². The summed E-state index contributed by atoms with van der Waals surface area (Å²) in [7, 11) is 0. The van der Waals surface area contributed by atoms with Crippen LogP contribution < -0.4 is 0 Å². The fraction of sp³-hybridized carbons (Fsp3) is 0.0556. The summed E-state index contributed by atoms with van der Waals surface area (Å²) in [4.78, 5) is 31.2. The summed E-state index contributed by atoms with van der Waals surface area (Å²) in [5.41, 5.74) is 1.00. The van der Waals surface area contributed by atoms with Crippen LogP contribution in [0.25, 0.3) is 0 Å². The molecule has 0 spiro atoms. The molecule has 0 radical (unpaired) electrons. The first-order valence-electron chi connectivity index (χ1n) is 7.41. The Morgan fingerprint density at radius 2 is 1.76 bits per heavy atom. The number of benzene rings is 1. The highest BCUT2D eigenvalue weighted by Crippen LogP contribution is 2.33. The van der Waals surface area contributed by atoms with Crippen molar-refractivity contribution in [3.63, 3.8) is 0 Å². The number of nitro groups is 1. The molecule has 3 rings (SSSR count). The number of nitro benzene ring substituents is 1.